The van der Waals surface area contributed by atoms with Gasteiger partial charge in [-0.3, -0.25) is 19.4 Å². The zero-order valence-corrected chi connectivity index (χ0v) is 21.2. The summed E-state index contributed by atoms with van der Waals surface area (Å²) < 4.78 is 18.8. The van der Waals surface area contributed by atoms with E-state index < -0.39 is 11.2 Å². The molecule has 10 nitrogen and oxygen atoms in total. The number of aromatic amines is 2. The number of phenols is 2. The van der Waals surface area contributed by atoms with Crippen LogP contribution in [0.15, 0.2) is 38.3 Å². The Morgan fingerprint density at radius 3 is 2.24 bits per heavy atom. The molecule has 0 aliphatic heterocycles. The van der Waals surface area contributed by atoms with E-state index in [2.05, 4.69) is 10.1 Å². The third kappa shape index (κ3) is 3.62. The molecule has 5 aromatic rings. The summed E-state index contributed by atoms with van der Waals surface area (Å²) in [5.74, 6) is -0.358. The number of hydrogen-bond acceptors (Lipinski definition) is 7. The molecule has 6 rings (SSSR count). The van der Waals surface area contributed by atoms with E-state index in [9.17, 15) is 19.8 Å². The molecule has 198 valence electrons. The minimum Gasteiger partial charge on any atom is -0.502 e. The third-order valence-electron chi connectivity index (χ3n) is 7.65. The van der Waals surface area contributed by atoms with Crippen molar-refractivity contribution >= 4 is 33.1 Å². The van der Waals surface area contributed by atoms with E-state index in [0.717, 1.165) is 38.5 Å². The van der Waals surface area contributed by atoms with Crippen molar-refractivity contribution in [3.63, 3.8) is 0 Å². The molecule has 2 aromatic carbocycles. The normalized spacial score (nSPS) is 15.2. The lowest BCUT2D eigenvalue weighted by Crippen LogP contribution is -2.15. The van der Waals surface area contributed by atoms with Gasteiger partial charge in [0.05, 0.1) is 31.2 Å². The van der Waals surface area contributed by atoms with Gasteiger partial charge in [-0.15, -0.1) is 0 Å². The van der Waals surface area contributed by atoms with Crippen LogP contribution in [0, 0.1) is 0 Å². The summed E-state index contributed by atoms with van der Waals surface area (Å²) in [4.78, 5) is 29.2. The van der Waals surface area contributed by atoms with E-state index in [0.29, 0.717) is 33.1 Å². The number of methoxy groups -OCH3 is 2. The van der Waals surface area contributed by atoms with Gasteiger partial charge in [-0.25, -0.2) is 0 Å². The number of furan rings is 1. The monoisotopic (exact) mass is 519 g/mol. The molecule has 1 aliphatic rings. The first-order valence-electron chi connectivity index (χ1n) is 12.8. The SMILES string of the molecule is COc1cc(-c2c3oc4c(O)c(=O)ccc4c3[nH]c3c2c(=O)[nH]n3C2CCCCCCC2)cc(OC)c1O. The molecule has 4 N–H and O–H groups in total. The van der Waals surface area contributed by atoms with E-state index in [1.807, 2.05) is 4.68 Å². The summed E-state index contributed by atoms with van der Waals surface area (Å²) in [5.41, 5.74) is 1.49. The van der Waals surface area contributed by atoms with E-state index in [1.54, 1.807) is 18.2 Å². The van der Waals surface area contributed by atoms with Crippen molar-refractivity contribution in [2.75, 3.05) is 14.2 Å². The minimum atomic E-state index is -0.562. The number of rotatable bonds is 4. The number of nitrogens with zero attached hydrogens (tertiary/aromatic N) is 1. The summed E-state index contributed by atoms with van der Waals surface area (Å²) >= 11 is 0. The van der Waals surface area contributed by atoms with E-state index >= 15 is 0 Å². The minimum absolute atomic E-state index is 0.0318. The van der Waals surface area contributed by atoms with Gasteiger partial charge in [0, 0.05) is 10.9 Å². The average molecular weight is 520 g/mol. The zero-order chi connectivity index (χ0) is 26.6. The second kappa shape index (κ2) is 9.20. The van der Waals surface area contributed by atoms with Gasteiger partial charge in [0.1, 0.15) is 5.65 Å². The summed E-state index contributed by atoms with van der Waals surface area (Å²) in [5, 5.41) is 25.0. The lowest BCUT2D eigenvalue weighted by atomic mass is 9.96. The summed E-state index contributed by atoms with van der Waals surface area (Å²) in [6, 6.07) is 6.19. The maximum absolute atomic E-state index is 13.6. The van der Waals surface area contributed by atoms with Crippen LogP contribution in [0.1, 0.15) is 51.0 Å². The highest BCUT2D eigenvalue weighted by molar-refractivity contribution is 6.15. The molecule has 3 aromatic heterocycles. The van der Waals surface area contributed by atoms with Crippen molar-refractivity contribution in [1.29, 1.82) is 0 Å². The molecule has 0 atom stereocenters. The van der Waals surface area contributed by atoms with Gasteiger partial charge in [0.2, 0.25) is 16.9 Å². The molecule has 1 saturated carbocycles. The fraction of sp³-hybridized carbons (Fsp3) is 0.357. The molecule has 1 fully saturated rings. The standard InChI is InChI=1S/C28H29N3O7/c1-36-18-12-14(13-19(37-2)24(18)34)20-21-27(31(30-28(21)35)15-8-6-4-3-5-7-9-15)29-22-16-10-11-17(32)23(33)25(16)38-26(20)22/h10-13,15,29,33-34H,3-9H2,1-2H3,(H,30,35). The molecule has 0 amide bonds. The third-order valence-corrected chi connectivity index (χ3v) is 7.65. The average Bonchev–Trinajstić information content (AvgIpc) is 3.43. The fourth-order valence-corrected chi connectivity index (χ4v) is 5.74. The first-order chi connectivity index (χ1) is 18.4. The van der Waals surface area contributed by atoms with Gasteiger partial charge < -0.3 is 29.1 Å². The van der Waals surface area contributed by atoms with Crippen LogP contribution < -0.4 is 20.5 Å². The van der Waals surface area contributed by atoms with Crippen LogP contribution >= 0.6 is 0 Å². The molecule has 10 heteroatoms. The van der Waals surface area contributed by atoms with Gasteiger partial charge in [-0.05, 0) is 42.7 Å². The first-order valence-corrected chi connectivity index (χ1v) is 12.8. The fourth-order valence-electron chi connectivity index (χ4n) is 5.74. The topological polar surface area (TPSA) is 143 Å². The van der Waals surface area contributed by atoms with E-state index in [1.165, 1.54) is 26.7 Å². The molecule has 0 spiro atoms. The highest BCUT2D eigenvalue weighted by Gasteiger charge is 2.27. The Kier molecular flexibility index (Phi) is 5.81. The highest BCUT2D eigenvalue weighted by Crippen LogP contribution is 2.45. The van der Waals surface area contributed by atoms with Crippen molar-refractivity contribution in [2.24, 2.45) is 0 Å². The Labute approximate surface area is 216 Å². The predicted molar refractivity (Wildman–Crippen MR) is 144 cm³/mol. The number of aromatic nitrogens is 3. The summed E-state index contributed by atoms with van der Waals surface area (Å²) in [6.07, 6.45) is 7.57. The number of fused-ring (bicyclic) bond motifs is 4. The van der Waals surface area contributed by atoms with Gasteiger partial charge in [0.25, 0.3) is 5.56 Å². The van der Waals surface area contributed by atoms with Crippen LogP contribution in [-0.4, -0.2) is 39.2 Å². The van der Waals surface area contributed by atoms with Gasteiger partial charge >= 0.3 is 0 Å². The number of ether oxygens (including phenoxy) is 2. The second-order valence-corrected chi connectivity index (χ2v) is 9.86. The Balaban J connectivity index is 1.75. The molecule has 0 radical (unpaired) electrons. The number of benzene rings is 2. The lowest BCUT2D eigenvalue weighted by molar-refractivity contribution is 0.340. The number of hydrogen-bond donors (Lipinski definition) is 4. The number of aromatic hydroxyl groups is 2. The molecule has 1 aliphatic carbocycles. The maximum Gasteiger partial charge on any atom is 0.274 e. The summed E-state index contributed by atoms with van der Waals surface area (Å²) in [6.45, 7) is 0. The quantitative estimate of drug-likeness (QED) is 0.252. The van der Waals surface area contributed by atoms with Gasteiger partial charge in [-0.1, -0.05) is 32.1 Å². The molecular weight excluding hydrogens is 490 g/mol. The van der Waals surface area contributed by atoms with Gasteiger partial charge in [0.15, 0.2) is 22.7 Å². The van der Waals surface area contributed by atoms with E-state index in [-0.39, 0.29) is 40.0 Å². The van der Waals surface area contributed by atoms with Crippen LogP contribution in [0.4, 0.5) is 0 Å². The Morgan fingerprint density at radius 1 is 0.921 bits per heavy atom. The highest BCUT2D eigenvalue weighted by atomic mass is 16.5. The number of H-pyrrole nitrogens is 2. The van der Waals surface area contributed by atoms with Crippen molar-refractivity contribution in [3.05, 3.63) is 44.8 Å². The van der Waals surface area contributed by atoms with E-state index in [4.69, 9.17) is 13.9 Å². The smallest absolute Gasteiger partial charge is 0.274 e. The molecule has 0 unspecified atom stereocenters. The first kappa shape index (κ1) is 24.0. The lowest BCUT2D eigenvalue weighted by Gasteiger charge is -2.21. The van der Waals surface area contributed by atoms with Gasteiger partial charge in [-0.2, -0.15) is 0 Å². The molecule has 3 heterocycles. The van der Waals surface area contributed by atoms with Crippen molar-refractivity contribution in [3.8, 4) is 34.1 Å². The molecule has 0 bridgehead atoms. The van der Waals surface area contributed by atoms with Crippen LogP contribution in [0.3, 0.4) is 0 Å². The largest absolute Gasteiger partial charge is 0.502 e. The van der Waals surface area contributed by atoms with Crippen molar-refractivity contribution < 1.29 is 24.1 Å². The van der Waals surface area contributed by atoms with Crippen LogP contribution in [0.5, 0.6) is 23.0 Å². The molecule has 0 saturated heterocycles. The number of nitrogens with one attached hydrogen (secondary N) is 2. The Hall–Kier alpha value is -4.34. The maximum atomic E-state index is 13.6. The van der Waals surface area contributed by atoms with Crippen LogP contribution in [-0.2, 0) is 0 Å². The molecular formula is C28H29N3O7. The molecule has 38 heavy (non-hydrogen) atoms. The van der Waals surface area contributed by atoms with Crippen molar-refractivity contribution in [2.45, 2.75) is 51.0 Å². The van der Waals surface area contributed by atoms with Crippen molar-refractivity contribution in [1.82, 2.24) is 14.8 Å². The summed E-state index contributed by atoms with van der Waals surface area (Å²) in [7, 11) is 2.85. The van der Waals surface area contributed by atoms with Crippen LogP contribution in [0.25, 0.3) is 44.2 Å². The second-order valence-electron chi connectivity index (χ2n) is 9.86. The Morgan fingerprint density at radius 2 is 1.58 bits per heavy atom. The number of phenolic OH excluding ortho intramolecular Hbond substituents is 2. The zero-order valence-electron chi connectivity index (χ0n) is 21.2. The number of pyridine rings is 1. The Bertz CT molecular complexity index is 1770. The van der Waals surface area contributed by atoms with Crippen LogP contribution in [0.2, 0.25) is 0 Å². The predicted octanol–water partition coefficient (Wildman–Crippen LogP) is 5.30.